The van der Waals surface area contributed by atoms with Gasteiger partial charge in [0.05, 0.1) is 6.10 Å². The first-order valence-electron chi connectivity index (χ1n) is 3.75. The summed E-state index contributed by atoms with van der Waals surface area (Å²) in [5.41, 5.74) is 0.419. The van der Waals surface area contributed by atoms with E-state index in [0.29, 0.717) is 5.56 Å². The van der Waals surface area contributed by atoms with Gasteiger partial charge in [-0.1, -0.05) is 6.07 Å². The highest BCUT2D eigenvalue weighted by atomic mass is 19.1. The molecule has 3 heteroatoms. The third-order valence-electron chi connectivity index (χ3n) is 1.55. The highest BCUT2D eigenvalue weighted by molar-refractivity contribution is 5.27. The molecule has 0 saturated heterocycles. The molecule has 0 unspecified atom stereocenters. The molecule has 0 bridgehead atoms. The minimum Gasteiger partial charge on any atom is -0.508 e. The van der Waals surface area contributed by atoms with E-state index in [-0.39, 0.29) is 12.2 Å². The topological polar surface area (TPSA) is 40.5 Å². The van der Waals surface area contributed by atoms with Gasteiger partial charge in [0.2, 0.25) is 0 Å². The second-order valence-electron chi connectivity index (χ2n) is 2.83. The van der Waals surface area contributed by atoms with Crippen LogP contribution in [-0.4, -0.2) is 16.3 Å². The summed E-state index contributed by atoms with van der Waals surface area (Å²) in [6.45, 7) is 1.59. The molecule has 66 valence electrons. The summed E-state index contributed by atoms with van der Waals surface area (Å²) in [6.07, 6.45) is -0.296. The van der Waals surface area contributed by atoms with E-state index >= 15 is 0 Å². The van der Waals surface area contributed by atoms with E-state index in [1.165, 1.54) is 12.1 Å². The molecule has 0 saturated carbocycles. The van der Waals surface area contributed by atoms with Crippen molar-refractivity contribution in [2.24, 2.45) is 0 Å². The second-order valence-corrected chi connectivity index (χ2v) is 2.83. The zero-order chi connectivity index (χ0) is 9.14. The Kier molecular flexibility index (Phi) is 2.65. The molecule has 0 aliphatic carbocycles. The lowest BCUT2D eigenvalue weighted by molar-refractivity contribution is 0.194. The van der Waals surface area contributed by atoms with Crippen molar-refractivity contribution in [2.45, 2.75) is 19.4 Å². The van der Waals surface area contributed by atoms with E-state index in [9.17, 15) is 4.39 Å². The Bertz CT molecular complexity index is 271. The van der Waals surface area contributed by atoms with Crippen molar-refractivity contribution < 1.29 is 14.6 Å². The van der Waals surface area contributed by atoms with Crippen LogP contribution in [0.2, 0.25) is 0 Å². The van der Waals surface area contributed by atoms with Crippen molar-refractivity contribution in [3.8, 4) is 5.75 Å². The predicted octanol–water partition coefficient (Wildman–Crippen LogP) is 1.45. The van der Waals surface area contributed by atoms with E-state index in [4.69, 9.17) is 10.2 Å². The Balaban J connectivity index is 2.86. The summed E-state index contributed by atoms with van der Waals surface area (Å²) >= 11 is 0. The Morgan fingerprint density at radius 3 is 2.67 bits per heavy atom. The van der Waals surface area contributed by atoms with Gasteiger partial charge in [-0.05, 0) is 18.6 Å². The molecule has 0 radical (unpaired) electrons. The van der Waals surface area contributed by atoms with Crippen LogP contribution in [0.4, 0.5) is 4.39 Å². The number of phenols is 1. The van der Waals surface area contributed by atoms with Crippen LogP contribution in [0.15, 0.2) is 18.2 Å². The lowest BCUT2D eigenvalue weighted by Crippen LogP contribution is -2.05. The van der Waals surface area contributed by atoms with Gasteiger partial charge in [0.1, 0.15) is 11.6 Å². The molecule has 1 rings (SSSR count). The molecule has 2 N–H and O–H groups in total. The maximum Gasteiger partial charge on any atom is 0.130 e. The first-order chi connectivity index (χ1) is 5.59. The third-order valence-corrected chi connectivity index (χ3v) is 1.55. The van der Waals surface area contributed by atoms with Crippen LogP contribution in [0.1, 0.15) is 12.5 Å². The van der Waals surface area contributed by atoms with Crippen LogP contribution in [-0.2, 0) is 6.42 Å². The van der Waals surface area contributed by atoms with Gasteiger partial charge < -0.3 is 10.2 Å². The van der Waals surface area contributed by atoms with E-state index in [0.717, 1.165) is 6.07 Å². The molecule has 0 fully saturated rings. The zero-order valence-corrected chi connectivity index (χ0v) is 6.79. The fourth-order valence-corrected chi connectivity index (χ4v) is 1.02. The molecular formula is C9H11FO2. The predicted molar refractivity (Wildman–Crippen MR) is 43.4 cm³/mol. The second kappa shape index (κ2) is 3.54. The highest BCUT2D eigenvalue weighted by Gasteiger charge is 2.05. The van der Waals surface area contributed by atoms with Crippen molar-refractivity contribution in [1.82, 2.24) is 0 Å². The van der Waals surface area contributed by atoms with E-state index < -0.39 is 11.9 Å². The van der Waals surface area contributed by atoms with Gasteiger partial charge in [-0.15, -0.1) is 0 Å². The lowest BCUT2D eigenvalue weighted by atomic mass is 10.1. The van der Waals surface area contributed by atoms with Crippen LogP contribution in [0, 0.1) is 5.82 Å². The molecule has 1 aromatic carbocycles. The Hall–Kier alpha value is -1.09. The molecule has 0 heterocycles. The fourth-order valence-electron chi connectivity index (χ4n) is 1.02. The van der Waals surface area contributed by atoms with Gasteiger partial charge in [-0.2, -0.15) is 0 Å². The van der Waals surface area contributed by atoms with E-state index in [1.54, 1.807) is 6.92 Å². The summed E-state index contributed by atoms with van der Waals surface area (Å²) in [6, 6.07) is 3.91. The van der Waals surface area contributed by atoms with Crippen molar-refractivity contribution in [1.29, 1.82) is 0 Å². The van der Waals surface area contributed by atoms with Gasteiger partial charge in [0, 0.05) is 12.5 Å². The van der Waals surface area contributed by atoms with Crippen LogP contribution in [0.25, 0.3) is 0 Å². The number of phenolic OH excluding ortho intramolecular Hbond substituents is 1. The van der Waals surface area contributed by atoms with E-state index in [2.05, 4.69) is 0 Å². The minimum absolute atomic E-state index is 0.0955. The molecule has 1 aromatic rings. The number of aromatic hydroxyl groups is 1. The van der Waals surface area contributed by atoms with Gasteiger partial charge in [-0.3, -0.25) is 0 Å². The molecule has 0 aliphatic rings. The van der Waals surface area contributed by atoms with Crippen LogP contribution < -0.4 is 0 Å². The molecule has 1 atom stereocenters. The number of rotatable bonds is 2. The van der Waals surface area contributed by atoms with Gasteiger partial charge >= 0.3 is 0 Å². The molecule has 12 heavy (non-hydrogen) atoms. The fraction of sp³-hybridized carbons (Fsp3) is 0.333. The largest absolute Gasteiger partial charge is 0.508 e. The van der Waals surface area contributed by atoms with Gasteiger partial charge in [0.25, 0.3) is 0 Å². The zero-order valence-electron chi connectivity index (χ0n) is 6.79. The highest BCUT2D eigenvalue weighted by Crippen LogP contribution is 2.16. The average molecular weight is 170 g/mol. The maximum absolute atomic E-state index is 12.9. The quantitative estimate of drug-likeness (QED) is 0.705. The molecule has 0 aromatic heterocycles. The number of halogens is 1. The standard InChI is InChI=1S/C9H11FO2/c1-6(11)4-7-2-3-8(12)5-9(7)10/h2-3,5-6,11-12H,4H2,1H3/t6-/m1/s1. The van der Waals surface area contributed by atoms with E-state index in [1.807, 2.05) is 0 Å². The number of hydrogen-bond donors (Lipinski definition) is 2. The molecule has 0 spiro atoms. The first-order valence-corrected chi connectivity index (χ1v) is 3.75. The van der Waals surface area contributed by atoms with Crippen LogP contribution in [0.3, 0.4) is 0 Å². The van der Waals surface area contributed by atoms with Crippen molar-refractivity contribution >= 4 is 0 Å². The Labute approximate surface area is 70.3 Å². The van der Waals surface area contributed by atoms with Crippen LogP contribution in [0.5, 0.6) is 5.75 Å². The number of aliphatic hydroxyl groups excluding tert-OH is 1. The van der Waals surface area contributed by atoms with Crippen molar-refractivity contribution in [2.75, 3.05) is 0 Å². The SMILES string of the molecule is C[C@@H](O)Cc1ccc(O)cc1F. The summed E-state index contributed by atoms with van der Waals surface area (Å²) in [7, 11) is 0. The molecular weight excluding hydrogens is 159 g/mol. The van der Waals surface area contributed by atoms with Gasteiger partial charge in [-0.25, -0.2) is 4.39 Å². The number of aliphatic hydroxyl groups is 1. The monoisotopic (exact) mass is 170 g/mol. The maximum atomic E-state index is 12.9. The normalized spacial score (nSPS) is 12.9. The molecule has 0 amide bonds. The number of benzene rings is 1. The van der Waals surface area contributed by atoms with Crippen LogP contribution >= 0.6 is 0 Å². The Morgan fingerprint density at radius 1 is 1.50 bits per heavy atom. The molecule has 0 aliphatic heterocycles. The summed E-state index contributed by atoms with van der Waals surface area (Å²) < 4.78 is 12.9. The summed E-state index contributed by atoms with van der Waals surface area (Å²) in [5, 5.41) is 17.8. The van der Waals surface area contributed by atoms with Crippen molar-refractivity contribution in [3.05, 3.63) is 29.6 Å². The first kappa shape index (κ1) is 9.00. The minimum atomic E-state index is -0.566. The Morgan fingerprint density at radius 2 is 2.17 bits per heavy atom. The molecule has 2 nitrogen and oxygen atoms in total. The average Bonchev–Trinajstić information content (AvgIpc) is 1.94. The number of hydrogen-bond acceptors (Lipinski definition) is 2. The van der Waals surface area contributed by atoms with Gasteiger partial charge in [0.15, 0.2) is 0 Å². The van der Waals surface area contributed by atoms with Crippen molar-refractivity contribution in [3.63, 3.8) is 0 Å². The smallest absolute Gasteiger partial charge is 0.130 e. The summed E-state index contributed by atoms with van der Waals surface area (Å²) in [5.74, 6) is -0.572. The third kappa shape index (κ3) is 2.20. The summed E-state index contributed by atoms with van der Waals surface area (Å²) in [4.78, 5) is 0. The lowest BCUT2D eigenvalue weighted by Gasteiger charge is -2.05.